The van der Waals surface area contributed by atoms with Crippen molar-refractivity contribution in [3.63, 3.8) is 0 Å². The second kappa shape index (κ2) is 5.75. The predicted molar refractivity (Wildman–Crippen MR) is 83.1 cm³/mol. The molecule has 3 rings (SSSR count). The topological polar surface area (TPSA) is 30.2 Å². The van der Waals surface area contributed by atoms with Gasteiger partial charge in [0.05, 0.1) is 0 Å². The lowest BCUT2D eigenvalue weighted by atomic mass is 9.77. The van der Waals surface area contributed by atoms with Gasteiger partial charge in [0.25, 0.3) is 0 Å². The largest absolute Gasteiger partial charge is 0.277 e. The van der Waals surface area contributed by atoms with Crippen molar-refractivity contribution in [2.75, 3.05) is 11.5 Å². The van der Waals surface area contributed by atoms with Gasteiger partial charge >= 0.3 is 0 Å². The molecule has 0 amide bonds. The molecule has 3 nitrogen and oxygen atoms in total. The molecule has 1 aliphatic rings. The molecule has 0 radical (unpaired) electrons. The van der Waals surface area contributed by atoms with E-state index < -0.39 is 0 Å². The third kappa shape index (κ3) is 2.77. The van der Waals surface area contributed by atoms with Gasteiger partial charge in [-0.25, -0.2) is 0 Å². The van der Waals surface area contributed by atoms with E-state index in [1.54, 1.807) is 0 Å². The highest BCUT2D eigenvalue weighted by Gasteiger charge is 2.31. The summed E-state index contributed by atoms with van der Waals surface area (Å²) in [7, 11) is 0. The molecule has 1 fully saturated rings. The molecule has 0 aliphatic heterocycles. The first-order valence-electron chi connectivity index (χ1n) is 6.86. The van der Waals surface area contributed by atoms with Crippen LogP contribution in [0.25, 0.3) is 5.65 Å². The Labute approximate surface area is 123 Å². The Kier molecular flexibility index (Phi) is 4.03. The molecule has 2 heterocycles. The van der Waals surface area contributed by atoms with E-state index in [9.17, 15) is 0 Å². The maximum Gasteiger partial charge on any atom is 0.195 e. The van der Waals surface area contributed by atoms with Crippen LogP contribution in [0.2, 0.25) is 0 Å². The smallest absolute Gasteiger partial charge is 0.195 e. The van der Waals surface area contributed by atoms with Crippen LogP contribution >= 0.6 is 24.4 Å². The number of aromatic nitrogens is 3. The molecule has 0 aromatic carbocycles. The van der Waals surface area contributed by atoms with Crippen molar-refractivity contribution in [1.82, 2.24) is 14.6 Å². The highest BCUT2D eigenvalue weighted by molar-refractivity contribution is 7.99. The Morgan fingerprint density at radius 1 is 1.21 bits per heavy atom. The number of thioether (sulfide) groups is 1. The molecule has 0 bridgehead atoms. The van der Waals surface area contributed by atoms with Gasteiger partial charge in [-0.15, -0.1) is 10.2 Å². The number of hydrogen-bond acceptors (Lipinski definition) is 4. The molecule has 0 saturated heterocycles. The van der Waals surface area contributed by atoms with E-state index in [0.717, 1.165) is 22.3 Å². The van der Waals surface area contributed by atoms with E-state index in [-0.39, 0.29) is 0 Å². The molecule has 0 unspecified atom stereocenters. The van der Waals surface area contributed by atoms with Crippen molar-refractivity contribution in [2.24, 2.45) is 5.41 Å². The van der Waals surface area contributed by atoms with Crippen molar-refractivity contribution in [3.05, 3.63) is 24.4 Å². The van der Waals surface area contributed by atoms with Crippen molar-refractivity contribution in [2.45, 2.75) is 37.3 Å². The zero-order valence-corrected chi connectivity index (χ0v) is 12.7. The van der Waals surface area contributed by atoms with Gasteiger partial charge in [0.1, 0.15) is 0 Å². The van der Waals surface area contributed by atoms with Crippen LogP contribution in [-0.4, -0.2) is 26.1 Å². The van der Waals surface area contributed by atoms with E-state index in [2.05, 4.69) is 27.2 Å². The maximum atomic E-state index is 4.60. The number of rotatable bonds is 4. The second-order valence-corrected chi connectivity index (χ2v) is 6.68. The molecule has 5 heteroatoms. The zero-order valence-electron chi connectivity index (χ0n) is 11.0. The minimum Gasteiger partial charge on any atom is -0.277 e. The van der Waals surface area contributed by atoms with Gasteiger partial charge < -0.3 is 0 Å². The Morgan fingerprint density at radius 2 is 2.05 bits per heavy atom. The Morgan fingerprint density at radius 3 is 2.84 bits per heavy atom. The maximum absolute atomic E-state index is 4.60. The van der Waals surface area contributed by atoms with Crippen LogP contribution in [-0.2, 0) is 0 Å². The molecule has 2 aromatic heterocycles. The predicted octanol–water partition coefficient (Wildman–Crippen LogP) is 3.70. The fraction of sp³-hybridized carbons (Fsp3) is 0.571. The molecule has 19 heavy (non-hydrogen) atoms. The molecule has 1 saturated carbocycles. The third-order valence-corrected chi connectivity index (χ3v) is 6.00. The number of pyridine rings is 1. The van der Waals surface area contributed by atoms with E-state index >= 15 is 0 Å². The van der Waals surface area contributed by atoms with Crippen molar-refractivity contribution in [3.8, 4) is 0 Å². The van der Waals surface area contributed by atoms with Gasteiger partial charge in [-0.3, -0.25) is 4.40 Å². The average Bonchev–Trinajstić information content (AvgIpc) is 2.89. The summed E-state index contributed by atoms with van der Waals surface area (Å²) in [5.74, 6) is 2.09. The van der Waals surface area contributed by atoms with Crippen molar-refractivity contribution < 1.29 is 0 Å². The summed E-state index contributed by atoms with van der Waals surface area (Å²) >= 11 is 6.42. The average molecular weight is 293 g/mol. The normalized spacial score (nSPS) is 18.8. The lowest BCUT2D eigenvalue weighted by molar-refractivity contribution is 0.258. The second-order valence-electron chi connectivity index (χ2n) is 5.42. The Bertz CT molecular complexity index is 546. The summed E-state index contributed by atoms with van der Waals surface area (Å²) < 4.78 is 2.07. The van der Waals surface area contributed by atoms with Crippen molar-refractivity contribution in [1.29, 1.82) is 0 Å². The first-order valence-corrected chi connectivity index (χ1v) is 8.48. The summed E-state index contributed by atoms with van der Waals surface area (Å²) in [4.78, 5) is 0. The van der Waals surface area contributed by atoms with Crippen LogP contribution in [0.1, 0.15) is 32.1 Å². The van der Waals surface area contributed by atoms with Gasteiger partial charge in [-0.1, -0.05) is 37.1 Å². The van der Waals surface area contributed by atoms with Gasteiger partial charge in [0, 0.05) is 11.9 Å². The van der Waals surface area contributed by atoms with E-state index in [1.165, 1.54) is 32.1 Å². The van der Waals surface area contributed by atoms with Crippen LogP contribution in [0.5, 0.6) is 0 Å². The quantitative estimate of drug-likeness (QED) is 0.688. The van der Waals surface area contributed by atoms with Crippen LogP contribution in [0.15, 0.2) is 29.6 Å². The van der Waals surface area contributed by atoms with Crippen LogP contribution < -0.4 is 0 Å². The molecule has 2 aromatic rings. The summed E-state index contributed by atoms with van der Waals surface area (Å²) in [5.41, 5.74) is 1.32. The molecule has 0 spiro atoms. The highest BCUT2D eigenvalue weighted by atomic mass is 32.2. The number of nitrogens with zero attached hydrogens (tertiary/aromatic N) is 3. The lowest BCUT2D eigenvalue weighted by Gasteiger charge is -2.35. The van der Waals surface area contributed by atoms with Crippen LogP contribution in [0.3, 0.4) is 0 Å². The third-order valence-electron chi connectivity index (χ3n) is 4.04. The van der Waals surface area contributed by atoms with E-state index in [1.807, 2.05) is 36.2 Å². The standard InChI is InChI=1S/C14H19N3S2/c18-10-14(7-3-1-4-8-14)11-19-13-16-15-12-6-2-5-9-17(12)13/h2,5-6,9,18H,1,3-4,7-8,10-11H2. The van der Waals surface area contributed by atoms with Crippen molar-refractivity contribution >= 4 is 30.0 Å². The molecular formula is C14H19N3S2. The van der Waals surface area contributed by atoms with Gasteiger partial charge in [0.2, 0.25) is 0 Å². The fourth-order valence-electron chi connectivity index (χ4n) is 2.79. The van der Waals surface area contributed by atoms with Gasteiger partial charge in [-0.05, 0) is 36.1 Å². The molecular weight excluding hydrogens is 274 g/mol. The molecule has 1 aliphatic carbocycles. The number of fused-ring (bicyclic) bond motifs is 1. The monoisotopic (exact) mass is 293 g/mol. The summed E-state index contributed by atoms with van der Waals surface area (Å²) in [6.07, 6.45) is 8.73. The summed E-state index contributed by atoms with van der Waals surface area (Å²) in [6, 6.07) is 6.01. The molecule has 0 N–H and O–H groups in total. The van der Waals surface area contributed by atoms with E-state index in [4.69, 9.17) is 0 Å². The zero-order chi connectivity index (χ0) is 13.1. The first-order chi connectivity index (χ1) is 9.33. The summed E-state index contributed by atoms with van der Waals surface area (Å²) in [5, 5.41) is 9.50. The van der Waals surface area contributed by atoms with Crippen LogP contribution in [0.4, 0.5) is 0 Å². The fourth-order valence-corrected chi connectivity index (χ4v) is 4.58. The first kappa shape index (κ1) is 13.3. The van der Waals surface area contributed by atoms with Gasteiger partial charge in [-0.2, -0.15) is 12.6 Å². The minimum absolute atomic E-state index is 0.395. The lowest BCUT2D eigenvalue weighted by Crippen LogP contribution is -2.28. The summed E-state index contributed by atoms with van der Waals surface area (Å²) in [6.45, 7) is 0. The molecule has 0 atom stereocenters. The Balaban J connectivity index is 1.74. The number of thiol groups is 1. The molecule has 102 valence electrons. The van der Waals surface area contributed by atoms with Gasteiger partial charge in [0.15, 0.2) is 10.8 Å². The minimum atomic E-state index is 0.395. The van der Waals surface area contributed by atoms with Crippen LogP contribution in [0, 0.1) is 5.41 Å². The number of hydrogen-bond donors (Lipinski definition) is 1. The highest BCUT2D eigenvalue weighted by Crippen LogP contribution is 2.41. The Hall–Kier alpha value is -0.680. The SMILES string of the molecule is SCC1(CSc2nnc3ccccn23)CCCCC1. The van der Waals surface area contributed by atoms with E-state index in [0.29, 0.717) is 5.41 Å².